The first-order chi connectivity index (χ1) is 6.35. The van der Waals surface area contributed by atoms with Crippen molar-refractivity contribution >= 4 is 21.9 Å². The predicted molar refractivity (Wildman–Crippen MR) is 58.1 cm³/mol. The minimum absolute atomic E-state index is 0.633. The van der Waals surface area contributed by atoms with Crippen LogP contribution in [0.5, 0.6) is 0 Å². The van der Waals surface area contributed by atoms with Gasteiger partial charge in [-0.15, -0.1) is 0 Å². The van der Waals surface area contributed by atoms with Gasteiger partial charge in [0.05, 0.1) is 0 Å². The molecule has 1 atom stereocenters. The number of carboxylic acid groups (broad SMARTS) is 1. The largest absolute Gasteiger partial charge is 0.480 e. The number of hydrogen-bond donors (Lipinski definition) is 2. The van der Waals surface area contributed by atoms with Crippen LogP contribution in [0.2, 0.25) is 0 Å². The van der Waals surface area contributed by atoms with Crippen molar-refractivity contribution in [3.05, 3.63) is 33.8 Å². The average molecular weight is 258 g/mol. The lowest BCUT2D eigenvalue weighted by atomic mass is 9.90. The molecule has 0 aliphatic rings. The molecule has 0 saturated heterocycles. The van der Waals surface area contributed by atoms with Crippen molar-refractivity contribution in [3.63, 3.8) is 0 Å². The quantitative estimate of drug-likeness (QED) is 0.852. The van der Waals surface area contributed by atoms with Crippen LogP contribution in [-0.4, -0.2) is 11.1 Å². The van der Waals surface area contributed by atoms with E-state index in [2.05, 4.69) is 15.9 Å². The predicted octanol–water partition coefficient (Wildman–Crippen LogP) is 2.02. The highest BCUT2D eigenvalue weighted by atomic mass is 79.9. The van der Waals surface area contributed by atoms with E-state index in [1.165, 1.54) is 6.92 Å². The summed E-state index contributed by atoms with van der Waals surface area (Å²) in [6, 6.07) is 5.37. The van der Waals surface area contributed by atoms with Gasteiger partial charge in [-0.25, -0.2) is 4.79 Å². The Bertz CT molecular complexity index is 374. The number of aliphatic carboxylic acids is 1. The maximum Gasteiger partial charge on any atom is 0.328 e. The Hall–Kier alpha value is -0.870. The van der Waals surface area contributed by atoms with E-state index in [1.807, 2.05) is 13.0 Å². The molecule has 0 spiro atoms. The highest BCUT2D eigenvalue weighted by Crippen LogP contribution is 2.24. The molecule has 1 aromatic carbocycles. The minimum Gasteiger partial charge on any atom is -0.480 e. The highest BCUT2D eigenvalue weighted by Gasteiger charge is 2.31. The number of benzene rings is 1. The molecular weight excluding hydrogens is 246 g/mol. The van der Waals surface area contributed by atoms with Crippen LogP contribution in [-0.2, 0) is 10.3 Å². The van der Waals surface area contributed by atoms with Crippen LogP contribution in [0, 0.1) is 6.92 Å². The number of nitrogens with two attached hydrogens (primary N) is 1. The lowest BCUT2D eigenvalue weighted by molar-refractivity contribution is -0.143. The van der Waals surface area contributed by atoms with Gasteiger partial charge in [0.15, 0.2) is 0 Å². The summed E-state index contributed by atoms with van der Waals surface area (Å²) in [5.41, 5.74) is 5.89. The third kappa shape index (κ3) is 1.96. The monoisotopic (exact) mass is 257 g/mol. The zero-order valence-electron chi connectivity index (χ0n) is 8.04. The first-order valence-electron chi connectivity index (χ1n) is 4.14. The normalized spacial score (nSPS) is 14.9. The van der Waals surface area contributed by atoms with Crippen molar-refractivity contribution in [3.8, 4) is 0 Å². The minimum atomic E-state index is -1.33. The van der Waals surface area contributed by atoms with Gasteiger partial charge in [-0.1, -0.05) is 22.0 Å². The third-order valence-corrected chi connectivity index (χ3v) is 2.69. The standard InChI is InChI=1S/C10H12BrNO2/c1-6-5-7(11)3-4-8(6)10(2,12)9(13)14/h3-5H,12H2,1-2H3,(H,13,14)/t10-/m0/s1. The van der Waals surface area contributed by atoms with Gasteiger partial charge >= 0.3 is 5.97 Å². The fourth-order valence-corrected chi connectivity index (χ4v) is 1.80. The Morgan fingerprint density at radius 1 is 1.57 bits per heavy atom. The van der Waals surface area contributed by atoms with Crippen molar-refractivity contribution in [2.45, 2.75) is 19.4 Å². The van der Waals surface area contributed by atoms with Gasteiger partial charge in [0.25, 0.3) is 0 Å². The van der Waals surface area contributed by atoms with E-state index in [9.17, 15) is 4.79 Å². The molecule has 1 rings (SSSR count). The summed E-state index contributed by atoms with van der Waals surface area (Å²) in [5, 5.41) is 8.95. The molecule has 0 radical (unpaired) electrons. The Kier molecular flexibility index (Phi) is 2.97. The van der Waals surface area contributed by atoms with E-state index in [0.29, 0.717) is 5.56 Å². The fourth-order valence-electron chi connectivity index (χ4n) is 1.32. The molecule has 0 bridgehead atoms. The number of aryl methyl sites for hydroxylation is 1. The molecule has 0 fully saturated rings. The summed E-state index contributed by atoms with van der Waals surface area (Å²) in [6.45, 7) is 3.33. The summed E-state index contributed by atoms with van der Waals surface area (Å²) in [6.07, 6.45) is 0. The van der Waals surface area contributed by atoms with Gasteiger partial charge in [-0.2, -0.15) is 0 Å². The maximum absolute atomic E-state index is 10.9. The molecule has 0 aromatic heterocycles. The Labute approximate surface area is 91.1 Å². The number of halogens is 1. The molecule has 0 saturated carbocycles. The Morgan fingerprint density at radius 3 is 2.57 bits per heavy atom. The number of carbonyl (C=O) groups is 1. The lowest BCUT2D eigenvalue weighted by Gasteiger charge is -2.21. The lowest BCUT2D eigenvalue weighted by Crippen LogP contribution is -2.42. The number of carboxylic acids is 1. The van der Waals surface area contributed by atoms with Crippen molar-refractivity contribution < 1.29 is 9.90 Å². The second-order valence-corrected chi connectivity index (χ2v) is 4.38. The van der Waals surface area contributed by atoms with E-state index in [0.717, 1.165) is 10.0 Å². The molecule has 76 valence electrons. The SMILES string of the molecule is Cc1cc(Br)ccc1[C@](C)(N)C(=O)O. The number of hydrogen-bond acceptors (Lipinski definition) is 2. The second-order valence-electron chi connectivity index (χ2n) is 3.47. The Balaban J connectivity index is 3.26. The van der Waals surface area contributed by atoms with E-state index in [4.69, 9.17) is 10.8 Å². The number of rotatable bonds is 2. The molecular formula is C10H12BrNO2. The molecule has 1 aromatic rings. The van der Waals surface area contributed by atoms with Gasteiger partial charge in [0.1, 0.15) is 5.54 Å². The maximum atomic E-state index is 10.9. The van der Waals surface area contributed by atoms with Crippen LogP contribution in [0.15, 0.2) is 22.7 Å². The van der Waals surface area contributed by atoms with Crippen molar-refractivity contribution in [2.24, 2.45) is 5.73 Å². The molecule has 0 aliphatic carbocycles. The first kappa shape index (κ1) is 11.2. The smallest absolute Gasteiger partial charge is 0.328 e. The van der Waals surface area contributed by atoms with Crippen LogP contribution in [0.3, 0.4) is 0 Å². The zero-order chi connectivity index (χ0) is 10.9. The van der Waals surface area contributed by atoms with Gasteiger partial charge in [0, 0.05) is 4.47 Å². The van der Waals surface area contributed by atoms with Crippen molar-refractivity contribution in [1.29, 1.82) is 0 Å². The van der Waals surface area contributed by atoms with E-state index in [1.54, 1.807) is 12.1 Å². The zero-order valence-corrected chi connectivity index (χ0v) is 9.63. The first-order valence-corrected chi connectivity index (χ1v) is 4.94. The topological polar surface area (TPSA) is 63.3 Å². The second kappa shape index (κ2) is 3.71. The highest BCUT2D eigenvalue weighted by molar-refractivity contribution is 9.10. The van der Waals surface area contributed by atoms with Crippen molar-refractivity contribution in [2.75, 3.05) is 0 Å². The summed E-state index contributed by atoms with van der Waals surface area (Å²) >= 11 is 3.31. The van der Waals surface area contributed by atoms with Gasteiger partial charge in [-0.05, 0) is 37.1 Å². The van der Waals surface area contributed by atoms with Crippen LogP contribution >= 0.6 is 15.9 Å². The molecule has 3 N–H and O–H groups in total. The molecule has 4 heteroatoms. The summed E-state index contributed by atoms with van der Waals surface area (Å²) in [4.78, 5) is 10.9. The average Bonchev–Trinajstić information content (AvgIpc) is 2.02. The third-order valence-electron chi connectivity index (χ3n) is 2.19. The van der Waals surface area contributed by atoms with Gasteiger partial charge in [0.2, 0.25) is 0 Å². The summed E-state index contributed by atoms with van der Waals surface area (Å²) < 4.78 is 0.917. The van der Waals surface area contributed by atoms with Crippen LogP contribution < -0.4 is 5.73 Å². The summed E-state index contributed by atoms with van der Waals surface area (Å²) in [5.74, 6) is -1.03. The fraction of sp³-hybridized carbons (Fsp3) is 0.300. The van der Waals surface area contributed by atoms with E-state index in [-0.39, 0.29) is 0 Å². The van der Waals surface area contributed by atoms with Crippen molar-refractivity contribution in [1.82, 2.24) is 0 Å². The molecule has 14 heavy (non-hydrogen) atoms. The molecule has 0 unspecified atom stereocenters. The molecule has 0 amide bonds. The van der Waals surface area contributed by atoms with Gasteiger partial charge in [-0.3, -0.25) is 0 Å². The summed E-state index contributed by atoms with van der Waals surface area (Å²) in [7, 11) is 0. The Morgan fingerprint density at radius 2 is 2.14 bits per heavy atom. The molecule has 3 nitrogen and oxygen atoms in total. The van der Waals surface area contributed by atoms with Crippen LogP contribution in [0.1, 0.15) is 18.1 Å². The van der Waals surface area contributed by atoms with Crippen LogP contribution in [0.25, 0.3) is 0 Å². The van der Waals surface area contributed by atoms with Gasteiger partial charge < -0.3 is 10.8 Å². The van der Waals surface area contributed by atoms with E-state index < -0.39 is 11.5 Å². The molecule has 0 aliphatic heterocycles. The van der Waals surface area contributed by atoms with Crippen LogP contribution in [0.4, 0.5) is 0 Å². The molecule has 0 heterocycles. The van der Waals surface area contributed by atoms with E-state index >= 15 is 0 Å².